The van der Waals surface area contributed by atoms with Gasteiger partial charge in [-0.05, 0) is 24.3 Å². The first-order chi connectivity index (χ1) is 10.7. The number of methoxy groups -OCH3 is 1. The lowest BCUT2D eigenvalue weighted by molar-refractivity contribution is 0.0992. The number of nitrogens with one attached hydrogen (secondary N) is 1. The molecule has 112 valence electrons. The molecular weight excluding hydrogens is 278 g/mol. The second-order valence-corrected chi connectivity index (χ2v) is 4.60. The Bertz CT molecular complexity index is 660. The lowest BCUT2D eigenvalue weighted by Crippen LogP contribution is -2.18. The standard InChI is InChI=1S/C18H17NO3/c1-22-16-9-7-15(8-10-16)17(20)11-12-19-13-18(21)14-5-3-2-4-6-14/h2-12,19H,13H2,1H3. The van der Waals surface area contributed by atoms with Gasteiger partial charge in [-0.15, -0.1) is 0 Å². The molecule has 4 heteroatoms. The monoisotopic (exact) mass is 295 g/mol. The average Bonchev–Trinajstić information content (AvgIpc) is 2.59. The number of hydrogen-bond donors (Lipinski definition) is 1. The van der Waals surface area contributed by atoms with Gasteiger partial charge in [0.1, 0.15) is 5.75 Å². The minimum atomic E-state index is -0.137. The van der Waals surface area contributed by atoms with Crippen LogP contribution in [0.2, 0.25) is 0 Å². The van der Waals surface area contributed by atoms with Crippen molar-refractivity contribution in [3.8, 4) is 5.75 Å². The molecule has 0 bridgehead atoms. The number of ether oxygens (including phenoxy) is 1. The van der Waals surface area contributed by atoms with Crippen LogP contribution >= 0.6 is 0 Å². The fourth-order valence-electron chi connectivity index (χ4n) is 1.86. The Balaban J connectivity index is 1.84. The highest BCUT2D eigenvalue weighted by Crippen LogP contribution is 2.11. The number of rotatable bonds is 7. The van der Waals surface area contributed by atoms with Gasteiger partial charge in [-0.1, -0.05) is 30.3 Å². The third-order valence-corrected chi connectivity index (χ3v) is 3.09. The normalized spacial score (nSPS) is 10.4. The number of carbonyl (C=O) groups is 2. The van der Waals surface area contributed by atoms with Crippen molar-refractivity contribution in [2.45, 2.75) is 0 Å². The van der Waals surface area contributed by atoms with Gasteiger partial charge in [-0.3, -0.25) is 9.59 Å². The van der Waals surface area contributed by atoms with Crippen molar-refractivity contribution < 1.29 is 14.3 Å². The molecule has 0 amide bonds. The minimum absolute atomic E-state index is 0.0258. The molecule has 0 radical (unpaired) electrons. The summed E-state index contributed by atoms with van der Waals surface area (Å²) in [5.74, 6) is 0.538. The van der Waals surface area contributed by atoms with Gasteiger partial charge in [0.25, 0.3) is 0 Å². The van der Waals surface area contributed by atoms with E-state index in [0.29, 0.717) is 16.9 Å². The van der Waals surface area contributed by atoms with E-state index in [0.717, 1.165) is 0 Å². The number of hydrogen-bond acceptors (Lipinski definition) is 4. The van der Waals surface area contributed by atoms with Crippen LogP contribution in [0.3, 0.4) is 0 Å². The molecule has 0 aliphatic rings. The molecule has 0 aliphatic carbocycles. The van der Waals surface area contributed by atoms with Crippen LogP contribution in [-0.2, 0) is 0 Å². The molecule has 1 N–H and O–H groups in total. The highest BCUT2D eigenvalue weighted by Gasteiger charge is 2.04. The van der Waals surface area contributed by atoms with E-state index in [1.807, 2.05) is 18.2 Å². The molecular formula is C18H17NO3. The van der Waals surface area contributed by atoms with Gasteiger partial charge in [-0.2, -0.15) is 0 Å². The minimum Gasteiger partial charge on any atom is -0.497 e. The largest absolute Gasteiger partial charge is 0.497 e. The fraction of sp³-hybridized carbons (Fsp3) is 0.111. The van der Waals surface area contributed by atoms with E-state index in [1.165, 1.54) is 12.3 Å². The Morgan fingerprint density at radius 1 is 1.00 bits per heavy atom. The molecule has 0 saturated heterocycles. The third kappa shape index (κ3) is 4.31. The maximum atomic E-state index is 11.9. The molecule has 0 aliphatic heterocycles. The van der Waals surface area contributed by atoms with Crippen molar-refractivity contribution in [2.75, 3.05) is 13.7 Å². The highest BCUT2D eigenvalue weighted by atomic mass is 16.5. The summed E-state index contributed by atoms with van der Waals surface area (Å²) in [5.41, 5.74) is 1.21. The zero-order chi connectivity index (χ0) is 15.8. The molecule has 0 spiro atoms. The molecule has 0 fully saturated rings. The lowest BCUT2D eigenvalue weighted by atomic mass is 10.1. The second-order valence-electron chi connectivity index (χ2n) is 4.60. The zero-order valence-electron chi connectivity index (χ0n) is 12.3. The maximum Gasteiger partial charge on any atom is 0.187 e. The van der Waals surface area contributed by atoms with Crippen molar-refractivity contribution >= 4 is 11.6 Å². The maximum absolute atomic E-state index is 11.9. The predicted octanol–water partition coefficient (Wildman–Crippen LogP) is 2.86. The molecule has 0 unspecified atom stereocenters. The molecule has 2 rings (SSSR count). The Labute approximate surface area is 129 Å². The van der Waals surface area contributed by atoms with Crippen molar-refractivity contribution in [3.63, 3.8) is 0 Å². The highest BCUT2D eigenvalue weighted by molar-refractivity contribution is 6.04. The van der Waals surface area contributed by atoms with Crippen molar-refractivity contribution in [3.05, 3.63) is 78.0 Å². The summed E-state index contributed by atoms with van der Waals surface area (Å²) in [4.78, 5) is 23.7. The van der Waals surface area contributed by atoms with Crippen LogP contribution < -0.4 is 10.1 Å². The van der Waals surface area contributed by atoms with E-state index in [9.17, 15) is 9.59 Å². The summed E-state index contributed by atoms with van der Waals surface area (Å²) in [6.07, 6.45) is 2.90. The SMILES string of the molecule is COc1ccc(C(=O)C=CNCC(=O)c2ccccc2)cc1. The van der Waals surface area contributed by atoms with E-state index in [2.05, 4.69) is 5.32 Å². The van der Waals surface area contributed by atoms with Crippen LogP contribution in [0.25, 0.3) is 0 Å². The first-order valence-electron chi connectivity index (χ1n) is 6.87. The molecule has 22 heavy (non-hydrogen) atoms. The number of Topliss-reactive ketones (excluding diaryl/α,β-unsaturated/α-hetero) is 1. The second kappa shape index (κ2) is 7.78. The van der Waals surface area contributed by atoms with E-state index in [4.69, 9.17) is 4.74 Å². The Hall–Kier alpha value is -2.88. The first-order valence-corrected chi connectivity index (χ1v) is 6.87. The van der Waals surface area contributed by atoms with Crippen LogP contribution in [0.1, 0.15) is 20.7 Å². The van der Waals surface area contributed by atoms with E-state index in [1.54, 1.807) is 43.5 Å². The molecule has 2 aromatic rings. The van der Waals surface area contributed by atoms with Crippen molar-refractivity contribution in [2.24, 2.45) is 0 Å². The van der Waals surface area contributed by atoms with Gasteiger partial charge in [-0.25, -0.2) is 0 Å². The number of ketones is 2. The summed E-state index contributed by atoms with van der Waals surface area (Å²) < 4.78 is 5.04. The molecule has 2 aromatic carbocycles. The van der Waals surface area contributed by atoms with Gasteiger partial charge < -0.3 is 10.1 Å². The van der Waals surface area contributed by atoms with E-state index < -0.39 is 0 Å². The van der Waals surface area contributed by atoms with Crippen LogP contribution in [-0.4, -0.2) is 25.2 Å². The fourth-order valence-corrected chi connectivity index (χ4v) is 1.86. The Kier molecular flexibility index (Phi) is 5.49. The van der Waals surface area contributed by atoms with Crippen LogP contribution in [0.15, 0.2) is 66.9 Å². The first kappa shape index (κ1) is 15.5. The summed E-state index contributed by atoms with van der Waals surface area (Å²) in [6, 6.07) is 15.9. The average molecular weight is 295 g/mol. The number of carbonyl (C=O) groups excluding carboxylic acids is 2. The third-order valence-electron chi connectivity index (χ3n) is 3.09. The summed E-state index contributed by atoms with van der Waals surface area (Å²) in [5, 5.41) is 2.83. The van der Waals surface area contributed by atoms with Gasteiger partial charge in [0, 0.05) is 23.4 Å². The topological polar surface area (TPSA) is 55.4 Å². The molecule has 0 heterocycles. The van der Waals surface area contributed by atoms with Crippen LogP contribution in [0, 0.1) is 0 Å². The van der Waals surface area contributed by atoms with E-state index in [-0.39, 0.29) is 18.1 Å². The Morgan fingerprint density at radius 3 is 2.32 bits per heavy atom. The van der Waals surface area contributed by atoms with Crippen LogP contribution in [0.4, 0.5) is 0 Å². The summed E-state index contributed by atoms with van der Waals surface area (Å²) in [7, 11) is 1.57. The molecule has 4 nitrogen and oxygen atoms in total. The molecule has 0 saturated carbocycles. The number of allylic oxidation sites excluding steroid dienone is 1. The van der Waals surface area contributed by atoms with Gasteiger partial charge in [0.2, 0.25) is 0 Å². The molecule has 0 atom stereocenters. The predicted molar refractivity (Wildman–Crippen MR) is 85.2 cm³/mol. The van der Waals surface area contributed by atoms with Gasteiger partial charge in [0.05, 0.1) is 13.7 Å². The molecule has 0 aromatic heterocycles. The van der Waals surface area contributed by atoms with E-state index >= 15 is 0 Å². The van der Waals surface area contributed by atoms with Crippen molar-refractivity contribution in [1.82, 2.24) is 5.32 Å². The Morgan fingerprint density at radius 2 is 1.68 bits per heavy atom. The lowest BCUT2D eigenvalue weighted by Gasteiger charge is -2.01. The number of benzene rings is 2. The summed E-state index contributed by atoms with van der Waals surface area (Å²) in [6.45, 7) is 0.149. The van der Waals surface area contributed by atoms with Crippen LogP contribution in [0.5, 0.6) is 5.75 Å². The van der Waals surface area contributed by atoms with Gasteiger partial charge >= 0.3 is 0 Å². The smallest absolute Gasteiger partial charge is 0.187 e. The summed E-state index contributed by atoms with van der Waals surface area (Å²) >= 11 is 0. The van der Waals surface area contributed by atoms with Gasteiger partial charge in [0.15, 0.2) is 11.6 Å². The van der Waals surface area contributed by atoms with Crippen molar-refractivity contribution in [1.29, 1.82) is 0 Å². The quantitative estimate of drug-likeness (QED) is 0.630. The zero-order valence-corrected chi connectivity index (χ0v) is 12.3.